The fraction of sp³-hybridized carbons (Fsp3) is 0.500. The summed E-state index contributed by atoms with van der Waals surface area (Å²) in [7, 11) is -0.608. The Bertz CT molecular complexity index is 427. The van der Waals surface area contributed by atoms with Crippen molar-refractivity contribution in [2.45, 2.75) is 30.7 Å². The van der Waals surface area contributed by atoms with E-state index in [9.17, 15) is 15.3 Å². The van der Waals surface area contributed by atoms with Crippen molar-refractivity contribution in [2.24, 2.45) is 0 Å². The van der Waals surface area contributed by atoms with Crippen molar-refractivity contribution in [1.29, 1.82) is 0 Å². The van der Waals surface area contributed by atoms with Crippen molar-refractivity contribution in [2.75, 3.05) is 6.61 Å². The lowest BCUT2D eigenvalue weighted by Gasteiger charge is -2.44. The van der Waals surface area contributed by atoms with Gasteiger partial charge in [-0.05, 0) is 5.46 Å². The first-order valence-electron chi connectivity index (χ1n) is 6.18. The minimum absolute atomic E-state index is 0.186. The predicted octanol–water partition coefficient (Wildman–Crippen LogP) is -1.76. The molecule has 6 nitrogen and oxygen atoms in total. The standard InChI is InChI=1S/C12H15BO6/c14-9-10(15)12(16)18-8-6-17-13(19-11(8)9)7-4-2-1-3-5-7/h1-5,8-12,14-16H,6H2/t8-,9-,10-,11-,12-/m1/s1. The van der Waals surface area contributed by atoms with Gasteiger partial charge in [-0.3, -0.25) is 0 Å². The Morgan fingerprint density at radius 3 is 2.53 bits per heavy atom. The molecule has 0 aliphatic carbocycles. The van der Waals surface area contributed by atoms with Crippen molar-refractivity contribution in [3.63, 3.8) is 0 Å². The number of rotatable bonds is 1. The summed E-state index contributed by atoms with van der Waals surface area (Å²) in [4.78, 5) is 0. The van der Waals surface area contributed by atoms with Crippen LogP contribution in [0.5, 0.6) is 0 Å². The monoisotopic (exact) mass is 266 g/mol. The van der Waals surface area contributed by atoms with Gasteiger partial charge in [0.05, 0.1) is 6.61 Å². The second-order valence-electron chi connectivity index (χ2n) is 4.72. The van der Waals surface area contributed by atoms with Crippen molar-refractivity contribution in [3.05, 3.63) is 30.3 Å². The Kier molecular flexibility index (Phi) is 3.57. The molecular formula is C12H15BO6. The van der Waals surface area contributed by atoms with E-state index in [1.165, 1.54) is 0 Å². The molecule has 2 aliphatic rings. The predicted molar refractivity (Wildman–Crippen MR) is 65.5 cm³/mol. The molecule has 0 spiro atoms. The largest absolute Gasteiger partial charge is 0.494 e. The molecule has 3 rings (SSSR count). The smallest absolute Gasteiger partial charge is 0.404 e. The number of ether oxygens (including phenoxy) is 1. The highest BCUT2D eigenvalue weighted by Crippen LogP contribution is 2.26. The summed E-state index contributed by atoms with van der Waals surface area (Å²) in [5.74, 6) is 0. The third-order valence-electron chi connectivity index (χ3n) is 3.42. The van der Waals surface area contributed by atoms with Crippen LogP contribution in [0.3, 0.4) is 0 Å². The molecule has 0 amide bonds. The van der Waals surface area contributed by atoms with Crippen molar-refractivity contribution in [1.82, 2.24) is 0 Å². The van der Waals surface area contributed by atoms with Crippen LogP contribution in [0.25, 0.3) is 0 Å². The van der Waals surface area contributed by atoms with Gasteiger partial charge in [-0.1, -0.05) is 30.3 Å². The summed E-state index contributed by atoms with van der Waals surface area (Å²) in [5.41, 5.74) is 0.828. The molecule has 2 fully saturated rings. The number of aliphatic hydroxyl groups excluding tert-OH is 3. The fourth-order valence-electron chi connectivity index (χ4n) is 2.37. The average Bonchev–Trinajstić information content (AvgIpc) is 2.46. The molecule has 7 heteroatoms. The van der Waals surface area contributed by atoms with Crippen LogP contribution in [0.1, 0.15) is 0 Å². The van der Waals surface area contributed by atoms with Crippen molar-refractivity contribution >= 4 is 12.6 Å². The van der Waals surface area contributed by atoms with E-state index >= 15 is 0 Å². The van der Waals surface area contributed by atoms with Gasteiger partial charge in [-0.25, -0.2) is 0 Å². The van der Waals surface area contributed by atoms with Crippen molar-refractivity contribution < 1.29 is 29.4 Å². The molecule has 2 saturated heterocycles. The van der Waals surface area contributed by atoms with Gasteiger partial charge >= 0.3 is 7.12 Å². The maximum absolute atomic E-state index is 9.94. The minimum atomic E-state index is -1.42. The van der Waals surface area contributed by atoms with E-state index in [4.69, 9.17) is 14.0 Å². The van der Waals surface area contributed by atoms with Gasteiger partial charge in [-0.2, -0.15) is 0 Å². The zero-order valence-corrected chi connectivity index (χ0v) is 10.1. The molecule has 0 saturated carbocycles. The molecule has 0 aromatic heterocycles. The van der Waals surface area contributed by atoms with Gasteiger partial charge in [0, 0.05) is 0 Å². The van der Waals surface area contributed by atoms with E-state index in [1.54, 1.807) is 0 Å². The zero-order valence-electron chi connectivity index (χ0n) is 10.1. The molecule has 3 N–H and O–H groups in total. The second kappa shape index (κ2) is 5.20. The SMILES string of the molecule is O[C@@H]1[C@@H](O)[C@H](O)O[C@@H]2COB(c3ccccc3)O[C@@H]12. The molecule has 2 heterocycles. The second-order valence-corrected chi connectivity index (χ2v) is 4.72. The molecule has 2 aliphatic heterocycles. The van der Waals surface area contributed by atoms with Crippen LogP contribution in [0.15, 0.2) is 30.3 Å². The summed E-state index contributed by atoms with van der Waals surface area (Å²) >= 11 is 0. The highest BCUT2D eigenvalue weighted by atomic mass is 16.7. The number of benzene rings is 1. The van der Waals surface area contributed by atoms with Gasteiger partial charge in [0.2, 0.25) is 0 Å². The highest BCUT2D eigenvalue weighted by molar-refractivity contribution is 6.61. The molecule has 19 heavy (non-hydrogen) atoms. The number of hydrogen-bond donors (Lipinski definition) is 3. The summed E-state index contributed by atoms with van der Waals surface area (Å²) < 4.78 is 16.3. The molecule has 1 aromatic rings. The Morgan fingerprint density at radius 2 is 1.79 bits per heavy atom. The maximum atomic E-state index is 9.94. The highest BCUT2D eigenvalue weighted by Gasteiger charge is 2.49. The third kappa shape index (κ3) is 2.41. The lowest BCUT2D eigenvalue weighted by atomic mass is 9.76. The zero-order chi connectivity index (χ0) is 13.4. The van der Waals surface area contributed by atoms with Crippen LogP contribution in [0.4, 0.5) is 0 Å². The van der Waals surface area contributed by atoms with Gasteiger partial charge < -0.3 is 29.4 Å². The van der Waals surface area contributed by atoms with E-state index < -0.39 is 37.8 Å². The maximum Gasteiger partial charge on any atom is 0.494 e. The van der Waals surface area contributed by atoms with E-state index in [0.717, 1.165) is 5.46 Å². The first-order chi connectivity index (χ1) is 9.16. The summed E-state index contributed by atoms with van der Waals surface area (Å²) in [5, 5.41) is 29.0. The Morgan fingerprint density at radius 1 is 1.05 bits per heavy atom. The molecular weight excluding hydrogens is 251 g/mol. The van der Waals surface area contributed by atoms with E-state index in [2.05, 4.69) is 0 Å². The Labute approximate surface area is 110 Å². The van der Waals surface area contributed by atoms with Crippen LogP contribution in [0.2, 0.25) is 0 Å². The Hall–Kier alpha value is -0.955. The molecule has 0 bridgehead atoms. The number of aliphatic hydroxyl groups is 3. The topological polar surface area (TPSA) is 88.4 Å². The molecule has 0 unspecified atom stereocenters. The van der Waals surface area contributed by atoms with Crippen LogP contribution in [-0.4, -0.2) is 59.8 Å². The van der Waals surface area contributed by atoms with Gasteiger partial charge in [-0.15, -0.1) is 0 Å². The van der Waals surface area contributed by atoms with E-state index in [1.807, 2.05) is 30.3 Å². The summed E-state index contributed by atoms with van der Waals surface area (Å²) in [6, 6.07) is 9.31. The van der Waals surface area contributed by atoms with Gasteiger partial charge in [0.15, 0.2) is 6.29 Å². The van der Waals surface area contributed by atoms with Crippen LogP contribution >= 0.6 is 0 Å². The van der Waals surface area contributed by atoms with Gasteiger partial charge in [0.1, 0.15) is 24.4 Å². The molecule has 0 radical (unpaired) electrons. The minimum Gasteiger partial charge on any atom is -0.404 e. The first-order valence-corrected chi connectivity index (χ1v) is 6.18. The number of fused-ring (bicyclic) bond motifs is 1. The molecule has 5 atom stereocenters. The quantitative estimate of drug-likeness (QED) is 0.522. The lowest BCUT2D eigenvalue weighted by Crippen LogP contribution is -2.65. The van der Waals surface area contributed by atoms with Crippen molar-refractivity contribution in [3.8, 4) is 0 Å². The van der Waals surface area contributed by atoms with E-state index in [0.29, 0.717) is 0 Å². The van der Waals surface area contributed by atoms with Gasteiger partial charge in [0.25, 0.3) is 0 Å². The van der Waals surface area contributed by atoms with Crippen LogP contribution in [0, 0.1) is 0 Å². The Balaban J connectivity index is 1.75. The number of hydrogen-bond acceptors (Lipinski definition) is 6. The lowest BCUT2D eigenvalue weighted by molar-refractivity contribution is -0.291. The van der Waals surface area contributed by atoms with E-state index in [-0.39, 0.29) is 6.61 Å². The first kappa shape index (κ1) is 13.0. The fourth-order valence-corrected chi connectivity index (χ4v) is 2.37. The van der Waals surface area contributed by atoms with Crippen LogP contribution < -0.4 is 5.46 Å². The summed E-state index contributed by atoms with van der Waals surface area (Å²) in [6.45, 7) is 0.186. The van der Waals surface area contributed by atoms with Crippen LogP contribution in [-0.2, 0) is 14.0 Å². The molecule has 1 aromatic carbocycles. The summed E-state index contributed by atoms with van der Waals surface area (Å²) in [6.07, 6.45) is -5.32. The average molecular weight is 266 g/mol. The molecule has 102 valence electrons. The third-order valence-corrected chi connectivity index (χ3v) is 3.42. The normalized spacial score (nSPS) is 38.9.